The second-order valence-corrected chi connectivity index (χ2v) is 7.19. The van der Waals surface area contributed by atoms with Gasteiger partial charge >= 0.3 is 0 Å². The Morgan fingerprint density at radius 3 is 2.73 bits per heavy atom. The number of hydrogen-bond acceptors (Lipinski definition) is 3. The number of aryl methyl sites for hydroxylation is 2. The van der Waals surface area contributed by atoms with Gasteiger partial charge in [-0.3, -0.25) is 9.78 Å². The molecular weight excluding hydrogens is 326 g/mol. The number of amides is 1. The third-order valence-corrected chi connectivity index (χ3v) is 5.50. The Morgan fingerprint density at radius 1 is 1.23 bits per heavy atom. The molecule has 0 spiro atoms. The van der Waals surface area contributed by atoms with Crippen molar-refractivity contribution in [2.75, 3.05) is 0 Å². The fraction of sp³-hybridized carbons (Fsp3) is 0.333. The van der Waals surface area contributed by atoms with Crippen LogP contribution in [0.4, 0.5) is 0 Å². The standard InChI is InChI=1S/C21H23N3O2/c1-12-13(2)23-20-16(12)6-5-7-17(20)21(26)24-19(14-10-15(25)11-14)18-8-3-4-9-22-18/h3-9,14-15,19,23,25H,10-11H2,1-2H3,(H,24,26)/t14?,15?,19-/m0/s1. The summed E-state index contributed by atoms with van der Waals surface area (Å²) in [7, 11) is 0. The van der Waals surface area contributed by atoms with Crippen LogP contribution in [0.5, 0.6) is 0 Å². The Kier molecular flexibility index (Phi) is 4.24. The number of rotatable bonds is 4. The lowest BCUT2D eigenvalue weighted by atomic mass is 9.76. The van der Waals surface area contributed by atoms with Gasteiger partial charge < -0.3 is 15.4 Å². The molecule has 3 aromatic rings. The number of nitrogens with one attached hydrogen (secondary N) is 2. The van der Waals surface area contributed by atoms with E-state index in [2.05, 4.69) is 22.2 Å². The molecule has 1 aliphatic carbocycles. The monoisotopic (exact) mass is 349 g/mol. The Labute approximate surface area is 152 Å². The fourth-order valence-corrected chi connectivity index (χ4v) is 3.79. The Bertz CT molecular complexity index is 943. The van der Waals surface area contributed by atoms with Crippen molar-refractivity contribution in [2.24, 2.45) is 5.92 Å². The summed E-state index contributed by atoms with van der Waals surface area (Å²) in [4.78, 5) is 20.8. The van der Waals surface area contributed by atoms with Gasteiger partial charge in [0, 0.05) is 17.3 Å². The minimum Gasteiger partial charge on any atom is -0.393 e. The van der Waals surface area contributed by atoms with E-state index in [0.717, 1.165) is 27.9 Å². The first-order valence-electron chi connectivity index (χ1n) is 9.02. The number of carbonyl (C=O) groups is 1. The maximum absolute atomic E-state index is 13.1. The molecule has 26 heavy (non-hydrogen) atoms. The lowest BCUT2D eigenvalue weighted by Gasteiger charge is -2.37. The number of fused-ring (bicyclic) bond motifs is 1. The highest BCUT2D eigenvalue weighted by Gasteiger charge is 2.36. The van der Waals surface area contributed by atoms with Crippen LogP contribution in [-0.4, -0.2) is 27.1 Å². The number of aromatic amines is 1. The minimum atomic E-state index is -0.278. The third-order valence-electron chi connectivity index (χ3n) is 5.50. The summed E-state index contributed by atoms with van der Waals surface area (Å²) in [6.45, 7) is 4.08. The molecule has 1 aromatic carbocycles. The number of carbonyl (C=O) groups excluding carboxylic acids is 1. The van der Waals surface area contributed by atoms with Gasteiger partial charge in [-0.25, -0.2) is 0 Å². The molecule has 1 fully saturated rings. The summed E-state index contributed by atoms with van der Waals surface area (Å²) in [5.74, 6) is 0.0871. The molecule has 1 saturated carbocycles. The first kappa shape index (κ1) is 16.8. The highest BCUT2D eigenvalue weighted by Crippen LogP contribution is 2.37. The summed E-state index contributed by atoms with van der Waals surface area (Å²) < 4.78 is 0. The van der Waals surface area contributed by atoms with E-state index in [4.69, 9.17) is 0 Å². The number of pyridine rings is 1. The van der Waals surface area contributed by atoms with Gasteiger partial charge in [0.15, 0.2) is 0 Å². The molecule has 1 amide bonds. The molecule has 5 heteroatoms. The molecular formula is C21H23N3O2. The van der Waals surface area contributed by atoms with Gasteiger partial charge in [-0.1, -0.05) is 18.2 Å². The molecule has 1 atom stereocenters. The van der Waals surface area contributed by atoms with Crippen molar-refractivity contribution in [1.29, 1.82) is 0 Å². The molecule has 0 saturated heterocycles. The number of aliphatic hydroxyl groups is 1. The van der Waals surface area contributed by atoms with Gasteiger partial charge in [-0.2, -0.15) is 0 Å². The van der Waals surface area contributed by atoms with Crippen molar-refractivity contribution in [3.05, 3.63) is 65.1 Å². The smallest absolute Gasteiger partial charge is 0.253 e. The fourth-order valence-electron chi connectivity index (χ4n) is 3.79. The third kappa shape index (κ3) is 2.88. The lowest BCUT2D eigenvalue weighted by Crippen LogP contribution is -2.41. The van der Waals surface area contributed by atoms with Crippen molar-refractivity contribution >= 4 is 16.8 Å². The van der Waals surface area contributed by atoms with Gasteiger partial charge in [0.2, 0.25) is 0 Å². The topological polar surface area (TPSA) is 78.0 Å². The molecule has 0 bridgehead atoms. The second-order valence-electron chi connectivity index (χ2n) is 7.19. The zero-order valence-corrected chi connectivity index (χ0v) is 15.0. The van der Waals surface area contributed by atoms with Crippen LogP contribution in [0.3, 0.4) is 0 Å². The average molecular weight is 349 g/mol. The maximum atomic E-state index is 13.1. The highest BCUT2D eigenvalue weighted by molar-refractivity contribution is 6.06. The summed E-state index contributed by atoms with van der Waals surface area (Å²) in [5, 5.41) is 13.9. The van der Waals surface area contributed by atoms with E-state index in [1.807, 2.05) is 43.3 Å². The highest BCUT2D eigenvalue weighted by atomic mass is 16.3. The van der Waals surface area contributed by atoms with Crippen molar-refractivity contribution in [1.82, 2.24) is 15.3 Å². The molecule has 0 unspecified atom stereocenters. The summed E-state index contributed by atoms with van der Waals surface area (Å²) in [5.41, 5.74) is 4.58. The van der Waals surface area contributed by atoms with E-state index >= 15 is 0 Å². The van der Waals surface area contributed by atoms with Gasteiger partial charge in [-0.05, 0) is 56.4 Å². The molecule has 0 radical (unpaired) electrons. The Hall–Kier alpha value is -2.66. The SMILES string of the molecule is Cc1[nH]c2c(C(=O)N[C@H](c3ccccn3)C3CC(O)C3)cccc2c1C. The van der Waals surface area contributed by atoms with Gasteiger partial charge in [-0.15, -0.1) is 0 Å². The van der Waals surface area contributed by atoms with Gasteiger partial charge in [0.05, 0.1) is 28.9 Å². The van der Waals surface area contributed by atoms with Crippen LogP contribution in [0.15, 0.2) is 42.6 Å². The van der Waals surface area contributed by atoms with Crippen LogP contribution in [-0.2, 0) is 0 Å². The summed E-state index contributed by atoms with van der Waals surface area (Å²) in [6.07, 6.45) is 2.83. The van der Waals surface area contributed by atoms with Crippen molar-refractivity contribution in [3.63, 3.8) is 0 Å². The van der Waals surface area contributed by atoms with Gasteiger partial charge in [0.25, 0.3) is 5.91 Å². The lowest BCUT2D eigenvalue weighted by molar-refractivity contribution is 0.0228. The Balaban J connectivity index is 1.66. The summed E-state index contributed by atoms with van der Waals surface area (Å²) >= 11 is 0. The van der Waals surface area contributed by atoms with Crippen molar-refractivity contribution in [3.8, 4) is 0 Å². The van der Waals surface area contributed by atoms with Crippen LogP contribution in [0.1, 0.15) is 46.2 Å². The number of aliphatic hydroxyl groups excluding tert-OH is 1. The second kappa shape index (κ2) is 6.57. The zero-order chi connectivity index (χ0) is 18.3. The molecule has 134 valence electrons. The van der Waals surface area contributed by atoms with E-state index < -0.39 is 0 Å². The maximum Gasteiger partial charge on any atom is 0.253 e. The van der Waals surface area contributed by atoms with Crippen LogP contribution in [0.2, 0.25) is 0 Å². The van der Waals surface area contributed by atoms with Crippen LogP contribution in [0, 0.1) is 19.8 Å². The number of benzene rings is 1. The van der Waals surface area contributed by atoms with Crippen LogP contribution < -0.4 is 5.32 Å². The predicted molar refractivity (Wildman–Crippen MR) is 101 cm³/mol. The molecule has 4 rings (SSSR count). The number of para-hydroxylation sites is 1. The van der Waals surface area contributed by atoms with Crippen LogP contribution >= 0.6 is 0 Å². The molecule has 2 heterocycles. The first-order valence-corrected chi connectivity index (χ1v) is 9.02. The van der Waals surface area contributed by atoms with E-state index in [0.29, 0.717) is 18.4 Å². The van der Waals surface area contributed by atoms with E-state index in [1.165, 1.54) is 0 Å². The molecule has 2 aromatic heterocycles. The number of aromatic nitrogens is 2. The van der Waals surface area contributed by atoms with Crippen molar-refractivity contribution < 1.29 is 9.90 Å². The minimum absolute atomic E-state index is 0.117. The normalized spacial score (nSPS) is 20.6. The van der Waals surface area contributed by atoms with E-state index in [-0.39, 0.29) is 24.0 Å². The van der Waals surface area contributed by atoms with Crippen molar-refractivity contribution in [2.45, 2.75) is 38.8 Å². The number of nitrogens with zero attached hydrogens (tertiary/aromatic N) is 1. The largest absolute Gasteiger partial charge is 0.393 e. The molecule has 0 aliphatic heterocycles. The molecule has 1 aliphatic rings. The molecule has 5 nitrogen and oxygen atoms in total. The first-order chi connectivity index (χ1) is 12.5. The average Bonchev–Trinajstić information content (AvgIpc) is 2.92. The predicted octanol–water partition coefficient (Wildman–Crippen LogP) is 3.42. The zero-order valence-electron chi connectivity index (χ0n) is 15.0. The summed E-state index contributed by atoms with van der Waals surface area (Å²) in [6, 6.07) is 11.3. The number of hydrogen-bond donors (Lipinski definition) is 3. The number of H-pyrrole nitrogens is 1. The Morgan fingerprint density at radius 2 is 2.04 bits per heavy atom. The molecule has 3 N–H and O–H groups in total. The van der Waals surface area contributed by atoms with Gasteiger partial charge in [0.1, 0.15) is 0 Å². The van der Waals surface area contributed by atoms with Crippen LogP contribution in [0.25, 0.3) is 10.9 Å². The van der Waals surface area contributed by atoms with E-state index in [9.17, 15) is 9.90 Å². The quantitative estimate of drug-likeness (QED) is 0.675. The van der Waals surface area contributed by atoms with E-state index in [1.54, 1.807) is 6.20 Å².